The molecule has 106 heavy (non-hydrogen) atoms. The zero-order valence-electron chi connectivity index (χ0n) is 67.9. The molecule has 0 aliphatic rings. The van der Waals surface area contributed by atoms with E-state index < -0.39 is 97.5 Å². The molecule has 0 aliphatic heterocycles. The molecule has 5 atom stereocenters. The first kappa shape index (κ1) is 102. The summed E-state index contributed by atoms with van der Waals surface area (Å²) >= 11 is 0. The summed E-state index contributed by atoms with van der Waals surface area (Å²) < 4.78 is 68.8. The van der Waals surface area contributed by atoms with Crippen LogP contribution in [0.1, 0.15) is 400 Å². The van der Waals surface area contributed by atoms with Crippen LogP contribution in [0.2, 0.25) is 0 Å². The molecule has 0 bridgehead atoms. The van der Waals surface area contributed by atoms with Gasteiger partial charge >= 0.3 is 39.5 Å². The highest BCUT2D eigenvalue weighted by Gasteiger charge is 2.30. The topological polar surface area (TPSA) is 237 Å². The number of carbonyl (C=O) groups excluding carboxylic acids is 4. The van der Waals surface area contributed by atoms with Crippen molar-refractivity contribution in [1.82, 2.24) is 0 Å². The zero-order valence-corrected chi connectivity index (χ0v) is 69.7. The van der Waals surface area contributed by atoms with Gasteiger partial charge in [0.05, 0.1) is 26.4 Å². The van der Waals surface area contributed by atoms with Crippen molar-refractivity contribution in [1.29, 1.82) is 0 Å². The summed E-state index contributed by atoms with van der Waals surface area (Å²) in [5.41, 5.74) is 0. The Labute approximate surface area is 647 Å². The number of aliphatic hydroxyl groups excluding tert-OH is 1. The van der Waals surface area contributed by atoms with Gasteiger partial charge in [-0.2, -0.15) is 0 Å². The third kappa shape index (κ3) is 78.6. The lowest BCUT2D eigenvalue weighted by Gasteiger charge is -2.21. The molecule has 0 aromatic heterocycles. The molecule has 0 heterocycles. The molecule has 0 rings (SSSR count). The van der Waals surface area contributed by atoms with Crippen LogP contribution >= 0.6 is 15.6 Å². The first-order valence-electron chi connectivity index (χ1n) is 43.2. The number of carbonyl (C=O) groups is 4. The fraction of sp³-hybridized carbons (Fsp3) is 0.816. The van der Waals surface area contributed by atoms with Crippen molar-refractivity contribution in [3.8, 4) is 0 Å². The first-order valence-corrected chi connectivity index (χ1v) is 46.2. The maximum atomic E-state index is 13.1. The number of esters is 4. The summed E-state index contributed by atoms with van der Waals surface area (Å²) in [7, 11) is -9.97. The Balaban J connectivity index is 5.38. The minimum absolute atomic E-state index is 0.0187. The fourth-order valence-corrected chi connectivity index (χ4v) is 13.6. The maximum absolute atomic E-state index is 13.1. The lowest BCUT2D eigenvalue weighted by molar-refractivity contribution is -0.161. The van der Waals surface area contributed by atoms with Crippen molar-refractivity contribution in [3.63, 3.8) is 0 Å². The molecule has 0 saturated carbocycles. The Morgan fingerprint density at radius 1 is 0.264 bits per heavy atom. The predicted octanol–water partition coefficient (Wildman–Crippen LogP) is 25.6. The number of allylic oxidation sites excluding steroid dienone is 12. The summed E-state index contributed by atoms with van der Waals surface area (Å²) in [4.78, 5) is 73.2. The fourth-order valence-electron chi connectivity index (χ4n) is 12.1. The number of aliphatic hydroxyl groups is 1. The molecule has 3 N–H and O–H groups in total. The second-order valence-corrected chi connectivity index (χ2v) is 32.0. The van der Waals surface area contributed by atoms with Crippen LogP contribution < -0.4 is 0 Å². The predicted molar refractivity (Wildman–Crippen MR) is 436 cm³/mol. The van der Waals surface area contributed by atoms with Crippen LogP contribution in [-0.4, -0.2) is 96.7 Å². The first-order chi connectivity index (χ1) is 51.7. The maximum Gasteiger partial charge on any atom is 0.472 e. The van der Waals surface area contributed by atoms with Crippen molar-refractivity contribution in [2.24, 2.45) is 0 Å². The average Bonchev–Trinajstić information content (AvgIpc) is 0.902. The molecular weight excluding hydrogens is 1380 g/mol. The molecule has 0 aromatic rings. The van der Waals surface area contributed by atoms with Gasteiger partial charge in [-0.3, -0.25) is 37.3 Å². The number of phosphoric ester groups is 2. The normalized spacial score (nSPS) is 14.1. The van der Waals surface area contributed by atoms with Crippen LogP contribution in [0.3, 0.4) is 0 Å². The van der Waals surface area contributed by atoms with E-state index in [-0.39, 0.29) is 25.7 Å². The van der Waals surface area contributed by atoms with E-state index in [9.17, 15) is 43.2 Å². The molecule has 2 unspecified atom stereocenters. The van der Waals surface area contributed by atoms with Crippen molar-refractivity contribution in [2.45, 2.75) is 418 Å². The van der Waals surface area contributed by atoms with Gasteiger partial charge in [0.15, 0.2) is 12.2 Å². The quantitative estimate of drug-likeness (QED) is 0.0169. The van der Waals surface area contributed by atoms with E-state index in [0.717, 1.165) is 116 Å². The highest BCUT2D eigenvalue weighted by molar-refractivity contribution is 7.47. The average molecular weight is 1540 g/mol. The van der Waals surface area contributed by atoms with E-state index in [2.05, 4.69) is 88.5 Å². The highest BCUT2D eigenvalue weighted by Crippen LogP contribution is 2.45. The van der Waals surface area contributed by atoms with Crippen molar-refractivity contribution in [3.05, 3.63) is 72.9 Å². The number of ether oxygens (including phenoxy) is 4. The van der Waals surface area contributed by atoms with Crippen molar-refractivity contribution >= 4 is 39.5 Å². The Bertz CT molecular complexity index is 2280. The van der Waals surface area contributed by atoms with Crippen molar-refractivity contribution in [2.75, 3.05) is 39.6 Å². The van der Waals surface area contributed by atoms with E-state index >= 15 is 0 Å². The number of hydrogen-bond donors (Lipinski definition) is 3. The summed E-state index contributed by atoms with van der Waals surface area (Å²) in [5.74, 6) is -2.22. The molecule has 19 heteroatoms. The minimum Gasteiger partial charge on any atom is -0.462 e. The van der Waals surface area contributed by atoms with Crippen LogP contribution in [0.5, 0.6) is 0 Å². The van der Waals surface area contributed by atoms with Crippen LogP contribution in [-0.2, 0) is 65.4 Å². The van der Waals surface area contributed by atoms with Gasteiger partial charge in [-0.25, -0.2) is 9.13 Å². The molecule has 17 nitrogen and oxygen atoms in total. The summed E-state index contributed by atoms with van der Waals surface area (Å²) in [5, 5.41) is 10.7. The van der Waals surface area contributed by atoms with Crippen LogP contribution in [0.15, 0.2) is 72.9 Å². The standard InChI is InChI=1S/C87H158O17P2/c1-5-9-13-17-21-25-29-33-37-40-44-48-52-56-60-64-68-72-85(90)98-78-83(104-87(92)74-70-66-62-58-54-50-46-42-39-35-31-27-23-19-15-11-7-3)80-102-106(95,96)100-76-81(88)75-99-105(93,94)101-79-82(77-97-84(89)71-67-63-59-55-51-47-43-36-32-28-24-20-16-12-8-4)103-86(91)73-69-65-61-57-53-49-45-41-38-34-30-26-22-18-14-10-6-2/h22,24,26,28,34,36,38,43,45,49,57,61,81-83,88H,5-21,23,25,27,29-33,35,37,39-42,44,46-48,50-56,58-60,62-80H2,1-4H3,(H,93,94)(H,95,96)/b26-22-,28-24-,38-34-,43-36-,49-45-,61-57-/t81-,82-,83-/m1/s1. The van der Waals surface area contributed by atoms with Gasteiger partial charge in [0.2, 0.25) is 0 Å². The monoisotopic (exact) mass is 1540 g/mol. The lowest BCUT2D eigenvalue weighted by Crippen LogP contribution is -2.30. The molecule has 0 fully saturated rings. The Morgan fingerprint density at radius 2 is 0.472 bits per heavy atom. The molecule has 618 valence electrons. The van der Waals surface area contributed by atoms with Gasteiger partial charge in [0, 0.05) is 25.7 Å². The Morgan fingerprint density at radius 3 is 0.764 bits per heavy atom. The van der Waals surface area contributed by atoms with Gasteiger partial charge in [-0.15, -0.1) is 0 Å². The molecule has 0 spiro atoms. The van der Waals surface area contributed by atoms with Crippen LogP contribution in [0.25, 0.3) is 0 Å². The summed E-state index contributed by atoms with van der Waals surface area (Å²) in [6, 6.07) is 0. The molecule has 0 aromatic carbocycles. The number of unbranched alkanes of at least 4 members (excludes halogenated alkanes) is 44. The van der Waals surface area contributed by atoms with E-state index in [1.165, 1.54) is 199 Å². The molecular formula is C87H158O17P2. The molecule has 0 saturated heterocycles. The van der Waals surface area contributed by atoms with Gasteiger partial charge in [0.1, 0.15) is 19.3 Å². The van der Waals surface area contributed by atoms with Gasteiger partial charge in [0.25, 0.3) is 0 Å². The zero-order chi connectivity index (χ0) is 77.4. The minimum atomic E-state index is -4.99. The van der Waals surface area contributed by atoms with E-state index in [4.69, 9.17) is 37.0 Å². The number of phosphoric acid groups is 2. The second kappa shape index (κ2) is 79.6. The highest BCUT2D eigenvalue weighted by atomic mass is 31.2. The summed E-state index contributed by atoms with van der Waals surface area (Å²) in [6.07, 6.45) is 83.0. The van der Waals surface area contributed by atoms with Gasteiger partial charge in [-0.05, 0) is 96.3 Å². The Hall–Kier alpha value is -3.50. The molecule has 0 radical (unpaired) electrons. The molecule has 0 aliphatic carbocycles. The Kier molecular flexibility index (Phi) is 77.0. The number of hydrogen-bond acceptors (Lipinski definition) is 15. The summed E-state index contributed by atoms with van der Waals surface area (Å²) in [6.45, 7) is 4.85. The van der Waals surface area contributed by atoms with E-state index in [1.807, 2.05) is 12.2 Å². The SMILES string of the molecule is CCCCC/C=C\C/C=C\C/C=C\C/C=C\CCCC(=O)O[C@H](COC(=O)CCCCCCC/C=C\C/C=C\CCCCC)COP(=O)(O)OC[C@@H](O)COP(=O)(O)OC[C@@H](COC(=O)CCCCCCCCCCCCCCCCCCC)OC(=O)CCCCCCCCCCCCCCCCCCC. The van der Waals surface area contributed by atoms with E-state index in [0.29, 0.717) is 32.1 Å². The lowest BCUT2D eigenvalue weighted by atomic mass is 10.0. The smallest absolute Gasteiger partial charge is 0.462 e. The van der Waals surface area contributed by atoms with Crippen LogP contribution in [0.4, 0.5) is 0 Å². The third-order valence-electron chi connectivity index (χ3n) is 18.7. The van der Waals surface area contributed by atoms with Crippen molar-refractivity contribution < 1.29 is 80.2 Å². The van der Waals surface area contributed by atoms with Crippen LogP contribution in [0, 0.1) is 0 Å². The number of rotatable bonds is 82. The van der Waals surface area contributed by atoms with Gasteiger partial charge < -0.3 is 33.8 Å². The van der Waals surface area contributed by atoms with E-state index in [1.54, 1.807) is 0 Å². The largest absolute Gasteiger partial charge is 0.472 e. The second-order valence-electron chi connectivity index (χ2n) is 29.1. The van der Waals surface area contributed by atoms with Gasteiger partial charge in [-0.1, -0.05) is 351 Å². The third-order valence-corrected chi connectivity index (χ3v) is 20.6. The molecule has 0 amide bonds.